The first-order chi connectivity index (χ1) is 10.3. The molecule has 2 aromatic rings. The Labute approximate surface area is 128 Å². The van der Waals surface area contributed by atoms with Crippen molar-refractivity contribution < 1.29 is 19.2 Å². The molecule has 1 aromatic heterocycles. The number of carbonyl (C=O) groups excluding carboxylic acids is 1. The third-order valence-corrected chi connectivity index (χ3v) is 3.07. The van der Waals surface area contributed by atoms with Crippen molar-refractivity contribution in [2.24, 2.45) is 0 Å². The quantitative estimate of drug-likeness (QED) is 0.938. The fourth-order valence-electron chi connectivity index (χ4n) is 1.89. The van der Waals surface area contributed by atoms with E-state index in [1.54, 1.807) is 36.4 Å². The van der Waals surface area contributed by atoms with Crippen LogP contribution in [0.3, 0.4) is 0 Å². The molecule has 0 spiro atoms. The largest absolute Gasteiger partial charge is 0.480 e. The summed E-state index contributed by atoms with van der Waals surface area (Å²) in [6.45, 7) is 5.37. The van der Waals surface area contributed by atoms with Gasteiger partial charge in [-0.3, -0.25) is 14.5 Å². The Morgan fingerprint density at radius 2 is 1.86 bits per heavy atom. The molecule has 0 aliphatic rings. The maximum absolute atomic E-state index is 12.6. The SMILES string of the molecule is CC(C)(C)c1cc(C(=O)N(CC(=O)O)c2ccccc2)no1. The molecule has 1 heterocycles. The Morgan fingerprint density at radius 1 is 1.23 bits per heavy atom. The van der Waals surface area contributed by atoms with Crippen molar-refractivity contribution in [3.05, 3.63) is 47.9 Å². The van der Waals surface area contributed by atoms with Crippen LogP contribution in [0.4, 0.5) is 5.69 Å². The molecule has 1 N–H and O–H groups in total. The van der Waals surface area contributed by atoms with Gasteiger partial charge in [-0.15, -0.1) is 0 Å². The van der Waals surface area contributed by atoms with Crippen LogP contribution in [0.25, 0.3) is 0 Å². The summed E-state index contributed by atoms with van der Waals surface area (Å²) in [5.74, 6) is -1.04. The molecule has 1 aromatic carbocycles. The molecule has 0 saturated carbocycles. The summed E-state index contributed by atoms with van der Waals surface area (Å²) >= 11 is 0. The van der Waals surface area contributed by atoms with Crippen molar-refractivity contribution in [1.82, 2.24) is 5.16 Å². The first kappa shape index (κ1) is 15.8. The third kappa shape index (κ3) is 3.52. The van der Waals surface area contributed by atoms with Gasteiger partial charge >= 0.3 is 5.97 Å². The predicted octanol–water partition coefficient (Wildman–Crippen LogP) is 2.70. The molecule has 0 radical (unpaired) electrons. The molecule has 6 nitrogen and oxygen atoms in total. The molecule has 6 heteroatoms. The zero-order valence-electron chi connectivity index (χ0n) is 12.7. The highest BCUT2D eigenvalue weighted by atomic mass is 16.5. The summed E-state index contributed by atoms with van der Waals surface area (Å²) in [6.07, 6.45) is 0. The number of carboxylic acids is 1. The van der Waals surface area contributed by atoms with E-state index in [-0.39, 0.29) is 11.1 Å². The van der Waals surface area contributed by atoms with E-state index in [1.807, 2.05) is 20.8 Å². The lowest BCUT2D eigenvalue weighted by molar-refractivity contribution is -0.135. The smallest absolute Gasteiger partial charge is 0.323 e. The zero-order chi connectivity index (χ0) is 16.3. The van der Waals surface area contributed by atoms with Gasteiger partial charge in [-0.05, 0) is 12.1 Å². The summed E-state index contributed by atoms with van der Waals surface area (Å²) in [4.78, 5) is 24.8. The number of hydrogen-bond acceptors (Lipinski definition) is 4. The molecule has 116 valence electrons. The fourth-order valence-corrected chi connectivity index (χ4v) is 1.89. The number of benzene rings is 1. The van der Waals surface area contributed by atoms with Crippen LogP contribution in [0.15, 0.2) is 40.9 Å². The number of aromatic nitrogens is 1. The molecule has 0 fully saturated rings. The minimum Gasteiger partial charge on any atom is -0.480 e. The molecule has 1 amide bonds. The number of amides is 1. The lowest BCUT2D eigenvalue weighted by Crippen LogP contribution is -2.35. The number of para-hydroxylation sites is 1. The molecule has 0 atom stereocenters. The summed E-state index contributed by atoms with van der Waals surface area (Å²) in [5.41, 5.74) is 0.306. The van der Waals surface area contributed by atoms with Crippen molar-refractivity contribution in [1.29, 1.82) is 0 Å². The van der Waals surface area contributed by atoms with Crippen molar-refractivity contribution in [2.75, 3.05) is 11.4 Å². The Hall–Kier alpha value is -2.63. The van der Waals surface area contributed by atoms with Gasteiger partial charge in [-0.2, -0.15) is 0 Å². The monoisotopic (exact) mass is 302 g/mol. The van der Waals surface area contributed by atoms with Crippen molar-refractivity contribution in [2.45, 2.75) is 26.2 Å². The van der Waals surface area contributed by atoms with E-state index in [4.69, 9.17) is 9.63 Å². The molecule has 0 unspecified atom stereocenters. The number of carbonyl (C=O) groups is 2. The van der Waals surface area contributed by atoms with Gasteiger partial charge in [0.05, 0.1) is 0 Å². The lowest BCUT2D eigenvalue weighted by Gasteiger charge is -2.19. The van der Waals surface area contributed by atoms with E-state index < -0.39 is 18.4 Å². The van der Waals surface area contributed by atoms with Crippen LogP contribution in [0.5, 0.6) is 0 Å². The van der Waals surface area contributed by atoms with Gasteiger partial charge in [0.1, 0.15) is 12.3 Å². The summed E-state index contributed by atoms with van der Waals surface area (Å²) in [6, 6.07) is 10.2. The van der Waals surface area contributed by atoms with Crippen LogP contribution < -0.4 is 4.90 Å². The van der Waals surface area contributed by atoms with Gasteiger partial charge in [0.25, 0.3) is 5.91 Å². The van der Waals surface area contributed by atoms with Gasteiger partial charge in [-0.25, -0.2) is 0 Å². The number of hydrogen-bond donors (Lipinski definition) is 1. The highest BCUT2D eigenvalue weighted by Crippen LogP contribution is 2.24. The maximum atomic E-state index is 12.6. The first-order valence-corrected chi connectivity index (χ1v) is 6.85. The standard InChI is InChI=1S/C16H18N2O4/c1-16(2,3)13-9-12(17-22-13)15(21)18(10-14(19)20)11-7-5-4-6-8-11/h4-9H,10H2,1-3H3,(H,19,20). The van der Waals surface area contributed by atoms with Crippen LogP contribution in [-0.4, -0.2) is 28.7 Å². The predicted molar refractivity (Wildman–Crippen MR) is 81.0 cm³/mol. The summed E-state index contributed by atoms with van der Waals surface area (Å²) in [7, 11) is 0. The highest BCUT2D eigenvalue weighted by Gasteiger charge is 2.26. The van der Waals surface area contributed by atoms with Crippen molar-refractivity contribution in [3.63, 3.8) is 0 Å². The Bertz CT molecular complexity index is 671. The van der Waals surface area contributed by atoms with Crippen molar-refractivity contribution >= 4 is 17.6 Å². The van der Waals surface area contributed by atoms with Gasteiger partial charge in [-0.1, -0.05) is 44.1 Å². The fraction of sp³-hybridized carbons (Fsp3) is 0.312. The molecule has 0 saturated heterocycles. The topological polar surface area (TPSA) is 83.6 Å². The molecule has 0 bridgehead atoms. The first-order valence-electron chi connectivity index (χ1n) is 6.85. The molecule has 22 heavy (non-hydrogen) atoms. The van der Waals surface area contributed by atoms with E-state index in [1.165, 1.54) is 0 Å². The van der Waals surface area contributed by atoms with Gasteiger partial charge in [0, 0.05) is 17.2 Å². The zero-order valence-corrected chi connectivity index (χ0v) is 12.7. The molecule has 0 aliphatic heterocycles. The van der Waals surface area contributed by atoms with Gasteiger partial charge < -0.3 is 9.63 Å². The number of carboxylic acid groups (broad SMARTS) is 1. The van der Waals surface area contributed by atoms with E-state index in [0.29, 0.717) is 11.4 Å². The van der Waals surface area contributed by atoms with Crippen LogP contribution in [0.1, 0.15) is 37.0 Å². The molecule has 0 aliphatic carbocycles. The van der Waals surface area contributed by atoms with E-state index in [0.717, 1.165) is 4.90 Å². The van der Waals surface area contributed by atoms with Crippen LogP contribution in [0, 0.1) is 0 Å². The summed E-state index contributed by atoms with van der Waals surface area (Å²) < 4.78 is 5.20. The average Bonchev–Trinajstić information content (AvgIpc) is 2.94. The normalized spacial score (nSPS) is 11.2. The van der Waals surface area contributed by atoms with Crippen molar-refractivity contribution in [3.8, 4) is 0 Å². The Morgan fingerprint density at radius 3 is 2.36 bits per heavy atom. The second kappa shape index (κ2) is 6.01. The van der Waals surface area contributed by atoms with Gasteiger partial charge in [0.15, 0.2) is 5.69 Å². The third-order valence-electron chi connectivity index (χ3n) is 3.07. The molecular weight excluding hydrogens is 284 g/mol. The molecule has 2 rings (SSSR count). The minimum absolute atomic E-state index is 0.0926. The van der Waals surface area contributed by atoms with E-state index in [2.05, 4.69) is 5.16 Å². The van der Waals surface area contributed by atoms with Crippen LogP contribution >= 0.6 is 0 Å². The Balaban J connectivity index is 2.34. The number of rotatable bonds is 4. The summed E-state index contributed by atoms with van der Waals surface area (Å²) in [5, 5.41) is 12.8. The lowest BCUT2D eigenvalue weighted by atomic mass is 9.93. The van der Waals surface area contributed by atoms with Crippen LogP contribution in [0.2, 0.25) is 0 Å². The second-order valence-corrected chi connectivity index (χ2v) is 5.95. The highest BCUT2D eigenvalue weighted by molar-refractivity contribution is 6.07. The number of nitrogens with zero attached hydrogens (tertiary/aromatic N) is 2. The number of anilines is 1. The van der Waals surface area contributed by atoms with Crippen LogP contribution in [-0.2, 0) is 10.2 Å². The number of aliphatic carboxylic acids is 1. The molecular formula is C16H18N2O4. The maximum Gasteiger partial charge on any atom is 0.323 e. The van der Waals surface area contributed by atoms with E-state index in [9.17, 15) is 9.59 Å². The average molecular weight is 302 g/mol. The van der Waals surface area contributed by atoms with Gasteiger partial charge in [0.2, 0.25) is 0 Å². The Kier molecular flexibility index (Phi) is 4.30. The van der Waals surface area contributed by atoms with E-state index >= 15 is 0 Å². The minimum atomic E-state index is -1.10. The second-order valence-electron chi connectivity index (χ2n) is 5.95.